The third-order valence-electron chi connectivity index (χ3n) is 6.41. The molecule has 1 saturated heterocycles. The lowest BCUT2D eigenvalue weighted by Crippen LogP contribution is -2.15. The summed E-state index contributed by atoms with van der Waals surface area (Å²) in [7, 11) is -3.16. The van der Waals surface area contributed by atoms with Crippen molar-refractivity contribution in [2.45, 2.75) is 33.2 Å². The number of anilines is 1. The van der Waals surface area contributed by atoms with Crippen molar-refractivity contribution in [2.24, 2.45) is 0 Å². The number of fused-ring (bicyclic) bond motifs is 1. The molecular formula is C26H25FN4O3S. The van der Waals surface area contributed by atoms with Gasteiger partial charge in [-0.3, -0.25) is 4.79 Å². The second-order valence-electron chi connectivity index (χ2n) is 9.12. The smallest absolute Gasteiger partial charge is 0.256 e. The number of aromatic nitrogens is 3. The van der Waals surface area contributed by atoms with E-state index in [1.165, 1.54) is 12.1 Å². The van der Waals surface area contributed by atoms with Gasteiger partial charge in [-0.05, 0) is 69.2 Å². The maximum atomic E-state index is 13.6. The van der Waals surface area contributed by atoms with Gasteiger partial charge in [0.25, 0.3) is 5.91 Å². The molecule has 0 radical (unpaired) electrons. The summed E-state index contributed by atoms with van der Waals surface area (Å²) in [6, 6.07) is 13.0. The average molecular weight is 493 g/mol. The third kappa shape index (κ3) is 4.43. The SMILES string of the molecule is Cc1ccc(NC(=O)c2cc(-c3ccc(F)cc3)nc3c2c(C)nn3C2CCS(=O)(=O)C2)c(C)c1. The fraction of sp³-hybridized carbons (Fsp3) is 0.269. The Morgan fingerprint density at radius 2 is 1.83 bits per heavy atom. The van der Waals surface area contributed by atoms with Crippen LogP contribution in [-0.4, -0.2) is 40.6 Å². The minimum absolute atomic E-state index is 0.0181. The minimum Gasteiger partial charge on any atom is -0.322 e. The minimum atomic E-state index is -3.16. The summed E-state index contributed by atoms with van der Waals surface area (Å²) in [5.74, 6) is -0.625. The molecule has 0 aliphatic carbocycles. The Morgan fingerprint density at radius 1 is 1.09 bits per heavy atom. The van der Waals surface area contributed by atoms with Crippen LogP contribution in [0.1, 0.15) is 39.6 Å². The lowest BCUT2D eigenvalue weighted by molar-refractivity contribution is 0.102. The van der Waals surface area contributed by atoms with E-state index in [4.69, 9.17) is 4.98 Å². The van der Waals surface area contributed by atoms with Crippen LogP contribution < -0.4 is 5.32 Å². The number of amides is 1. The molecule has 1 unspecified atom stereocenters. The second-order valence-corrected chi connectivity index (χ2v) is 11.3. The Balaban J connectivity index is 1.68. The van der Waals surface area contributed by atoms with Gasteiger partial charge in [0.05, 0.1) is 39.9 Å². The maximum absolute atomic E-state index is 13.6. The Morgan fingerprint density at radius 3 is 2.49 bits per heavy atom. The molecule has 1 atom stereocenters. The molecule has 2 aromatic heterocycles. The van der Waals surface area contributed by atoms with Crippen LogP contribution in [0, 0.1) is 26.6 Å². The van der Waals surface area contributed by atoms with Crippen LogP contribution in [0.25, 0.3) is 22.3 Å². The largest absolute Gasteiger partial charge is 0.322 e. The molecule has 9 heteroatoms. The van der Waals surface area contributed by atoms with E-state index >= 15 is 0 Å². The first-order valence-corrected chi connectivity index (χ1v) is 13.2. The molecule has 3 heterocycles. The number of rotatable bonds is 4. The third-order valence-corrected chi connectivity index (χ3v) is 8.16. The molecule has 4 aromatic rings. The Kier molecular flexibility index (Phi) is 5.67. The summed E-state index contributed by atoms with van der Waals surface area (Å²) >= 11 is 0. The van der Waals surface area contributed by atoms with Gasteiger partial charge >= 0.3 is 0 Å². The highest BCUT2D eigenvalue weighted by molar-refractivity contribution is 7.91. The normalized spacial score (nSPS) is 17.1. The quantitative estimate of drug-likeness (QED) is 0.443. The first-order chi connectivity index (χ1) is 16.6. The molecule has 5 rings (SSSR count). The monoisotopic (exact) mass is 492 g/mol. The summed E-state index contributed by atoms with van der Waals surface area (Å²) in [6.07, 6.45) is 0.436. The summed E-state index contributed by atoms with van der Waals surface area (Å²) in [5.41, 5.74) is 5.24. The standard InChI is InChI=1S/C26H25FN4O3S/c1-15-4-9-22(16(2)12-15)29-26(32)21-13-23(18-5-7-19(27)8-6-18)28-25-24(21)17(3)30-31(25)20-10-11-35(33,34)14-20/h4-9,12-13,20H,10-11,14H2,1-3H3,(H,29,32). The van der Waals surface area contributed by atoms with Crippen LogP contribution in [-0.2, 0) is 9.84 Å². The van der Waals surface area contributed by atoms with Crippen LogP contribution >= 0.6 is 0 Å². The van der Waals surface area contributed by atoms with Gasteiger partial charge in [0, 0.05) is 11.3 Å². The number of carbonyl (C=O) groups is 1. The Hall–Kier alpha value is -3.59. The molecule has 0 saturated carbocycles. The van der Waals surface area contributed by atoms with Crippen LogP contribution in [0.4, 0.5) is 10.1 Å². The van der Waals surface area contributed by atoms with Crippen molar-refractivity contribution in [1.29, 1.82) is 0 Å². The molecule has 0 bridgehead atoms. The summed E-state index contributed by atoms with van der Waals surface area (Å²) < 4.78 is 39.5. The number of nitrogens with zero attached hydrogens (tertiary/aromatic N) is 3. The van der Waals surface area contributed by atoms with Gasteiger partial charge in [0.15, 0.2) is 15.5 Å². The van der Waals surface area contributed by atoms with E-state index in [1.807, 2.05) is 32.0 Å². The van der Waals surface area contributed by atoms with E-state index in [1.54, 1.807) is 29.8 Å². The molecule has 1 aliphatic rings. The zero-order chi connectivity index (χ0) is 24.9. The predicted octanol–water partition coefficient (Wildman–Crippen LogP) is 4.77. The predicted molar refractivity (Wildman–Crippen MR) is 134 cm³/mol. The Labute approximate surface area is 202 Å². The van der Waals surface area contributed by atoms with Crippen molar-refractivity contribution in [3.63, 3.8) is 0 Å². The van der Waals surface area contributed by atoms with Gasteiger partial charge in [-0.25, -0.2) is 22.5 Å². The van der Waals surface area contributed by atoms with Gasteiger partial charge < -0.3 is 5.32 Å². The van der Waals surface area contributed by atoms with E-state index in [0.29, 0.717) is 45.7 Å². The maximum Gasteiger partial charge on any atom is 0.256 e. The fourth-order valence-corrected chi connectivity index (χ4v) is 6.32. The molecule has 0 spiro atoms. The highest BCUT2D eigenvalue weighted by Gasteiger charge is 2.32. The van der Waals surface area contributed by atoms with E-state index in [2.05, 4.69) is 10.4 Å². The van der Waals surface area contributed by atoms with Crippen LogP contribution in [0.2, 0.25) is 0 Å². The van der Waals surface area contributed by atoms with E-state index in [-0.39, 0.29) is 29.3 Å². The molecule has 1 aliphatic heterocycles. The van der Waals surface area contributed by atoms with Gasteiger partial charge in [-0.15, -0.1) is 0 Å². The summed E-state index contributed by atoms with van der Waals surface area (Å²) in [6.45, 7) is 5.70. The van der Waals surface area contributed by atoms with Crippen molar-refractivity contribution in [3.05, 3.63) is 76.7 Å². The molecule has 35 heavy (non-hydrogen) atoms. The number of halogens is 1. The highest BCUT2D eigenvalue weighted by Crippen LogP contribution is 2.32. The first kappa shape index (κ1) is 23.2. The topological polar surface area (TPSA) is 93.9 Å². The average Bonchev–Trinajstić information content (AvgIpc) is 3.34. The first-order valence-electron chi connectivity index (χ1n) is 11.4. The Bertz CT molecular complexity index is 1580. The molecule has 1 N–H and O–H groups in total. The second kappa shape index (κ2) is 8.57. The fourth-order valence-electron chi connectivity index (χ4n) is 4.63. The number of pyridine rings is 1. The highest BCUT2D eigenvalue weighted by atomic mass is 32.2. The molecule has 7 nitrogen and oxygen atoms in total. The molecule has 1 amide bonds. The van der Waals surface area contributed by atoms with Gasteiger partial charge in [0.1, 0.15) is 5.82 Å². The van der Waals surface area contributed by atoms with Crippen LogP contribution in [0.3, 0.4) is 0 Å². The summed E-state index contributed by atoms with van der Waals surface area (Å²) in [5, 5.41) is 8.18. The molecular weight excluding hydrogens is 467 g/mol. The lowest BCUT2D eigenvalue weighted by atomic mass is 10.0. The number of sulfone groups is 1. The van der Waals surface area contributed by atoms with Crippen molar-refractivity contribution in [3.8, 4) is 11.3 Å². The zero-order valence-corrected chi connectivity index (χ0v) is 20.5. The van der Waals surface area contributed by atoms with Crippen molar-refractivity contribution < 1.29 is 17.6 Å². The van der Waals surface area contributed by atoms with Gasteiger partial charge in [-0.1, -0.05) is 17.7 Å². The number of nitrogens with one attached hydrogen (secondary N) is 1. The number of hydrogen-bond acceptors (Lipinski definition) is 5. The zero-order valence-electron chi connectivity index (χ0n) is 19.7. The van der Waals surface area contributed by atoms with Gasteiger partial charge in [-0.2, -0.15) is 5.10 Å². The lowest BCUT2D eigenvalue weighted by Gasteiger charge is -2.13. The van der Waals surface area contributed by atoms with Crippen molar-refractivity contribution in [1.82, 2.24) is 14.8 Å². The van der Waals surface area contributed by atoms with Crippen molar-refractivity contribution in [2.75, 3.05) is 16.8 Å². The molecule has 2 aromatic carbocycles. The molecule has 1 fully saturated rings. The number of aryl methyl sites for hydroxylation is 3. The number of carbonyl (C=O) groups excluding carboxylic acids is 1. The summed E-state index contributed by atoms with van der Waals surface area (Å²) in [4.78, 5) is 18.3. The molecule has 180 valence electrons. The van der Waals surface area contributed by atoms with E-state index in [0.717, 1.165) is 11.1 Å². The van der Waals surface area contributed by atoms with Gasteiger partial charge in [0.2, 0.25) is 0 Å². The van der Waals surface area contributed by atoms with E-state index < -0.39 is 9.84 Å². The number of hydrogen-bond donors (Lipinski definition) is 1. The van der Waals surface area contributed by atoms with Crippen LogP contribution in [0.5, 0.6) is 0 Å². The van der Waals surface area contributed by atoms with Crippen LogP contribution in [0.15, 0.2) is 48.5 Å². The van der Waals surface area contributed by atoms with Crippen molar-refractivity contribution >= 4 is 32.5 Å². The van der Waals surface area contributed by atoms with E-state index in [9.17, 15) is 17.6 Å². The number of benzene rings is 2.